The molecule has 3 heterocycles. The first-order valence-electron chi connectivity index (χ1n) is 7.20. The lowest BCUT2D eigenvalue weighted by Crippen LogP contribution is -2.47. The van der Waals surface area contributed by atoms with Crippen LogP contribution >= 0.6 is 0 Å². The Morgan fingerprint density at radius 1 is 1.16 bits per heavy atom. The average molecular weight is 259 g/mol. The van der Waals surface area contributed by atoms with E-state index in [1.807, 2.05) is 17.0 Å². The summed E-state index contributed by atoms with van der Waals surface area (Å²) in [6.45, 7) is 4.03. The Bertz CT molecular complexity index is 430. The number of nitrogens with zero attached hydrogens (tertiary/aromatic N) is 2. The summed E-state index contributed by atoms with van der Waals surface area (Å²) >= 11 is 0. The molecule has 0 saturated carbocycles. The van der Waals surface area contributed by atoms with Crippen molar-refractivity contribution in [2.45, 2.75) is 25.7 Å². The molecule has 2 saturated heterocycles. The van der Waals surface area contributed by atoms with Gasteiger partial charge in [0, 0.05) is 19.3 Å². The maximum Gasteiger partial charge on any atom is 0.272 e. The lowest BCUT2D eigenvalue weighted by molar-refractivity contribution is 0.0491. The minimum Gasteiger partial charge on any atom is -0.337 e. The van der Waals surface area contributed by atoms with Gasteiger partial charge >= 0.3 is 0 Å². The number of pyridine rings is 1. The number of rotatable bonds is 1. The molecule has 1 aromatic heterocycles. The zero-order valence-corrected chi connectivity index (χ0v) is 11.3. The highest BCUT2D eigenvalue weighted by Crippen LogP contribution is 2.39. The molecule has 0 atom stereocenters. The molecule has 102 valence electrons. The molecule has 2 aliphatic rings. The number of hydrogen-bond acceptors (Lipinski definition) is 3. The summed E-state index contributed by atoms with van der Waals surface area (Å²) in [5.41, 5.74) is 1.07. The third-order valence-corrected chi connectivity index (χ3v) is 4.66. The van der Waals surface area contributed by atoms with Gasteiger partial charge in [-0.2, -0.15) is 0 Å². The Morgan fingerprint density at radius 2 is 1.89 bits per heavy atom. The van der Waals surface area contributed by atoms with E-state index >= 15 is 0 Å². The molecule has 2 aliphatic heterocycles. The van der Waals surface area contributed by atoms with Gasteiger partial charge < -0.3 is 10.2 Å². The van der Waals surface area contributed by atoms with Crippen molar-refractivity contribution >= 4 is 5.91 Å². The second kappa shape index (κ2) is 5.29. The van der Waals surface area contributed by atoms with Gasteiger partial charge in [-0.15, -0.1) is 0 Å². The van der Waals surface area contributed by atoms with Crippen molar-refractivity contribution in [3.05, 3.63) is 30.1 Å². The third-order valence-electron chi connectivity index (χ3n) is 4.66. The lowest BCUT2D eigenvalue weighted by Gasteiger charge is -2.44. The van der Waals surface area contributed by atoms with E-state index in [1.165, 1.54) is 12.8 Å². The summed E-state index contributed by atoms with van der Waals surface area (Å²) in [6, 6.07) is 5.52. The second-order valence-electron chi connectivity index (χ2n) is 5.76. The minimum absolute atomic E-state index is 0.0874. The molecule has 0 radical (unpaired) electrons. The van der Waals surface area contributed by atoms with Crippen molar-refractivity contribution in [1.82, 2.24) is 15.2 Å². The van der Waals surface area contributed by atoms with Crippen molar-refractivity contribution in [3.63, 3.8) is 0 Å². The van der Waals surface area contributed by atoms with Crippen LogP contribution in [0.25, 0.3) is 0 Å². The molecule has 0 unspecified atom stereocenters. The molecule has 1 spiro atoms. The van der Waals surface area contributed by atoms with Crippen LogP contribution in [0.5, 0.6) is 0 Å². The molecule has 0 bridgehead atoms. The number of piperidine rings is 2. The van der Waals surface area contributed by atoms with Gasteiger partial charge in [0.25, 0.3) is 5.91 Å². The van der Waals surface area contributed by atoms with Crippen molar-refractivity contribution < 1.29 is 4.79 Å². The molecule has 4 heteroatoms. The highest BCUT2D eigenvalue weighted by molar-refractivity contribution is 5.92. The molecule has 1 N–H and O–H groups in total. The van der Waals surface area contributed by atoms with E-state index in [0.717, 1.165) is 39.0 Å². The van der Waals surface area contributed by atoms with E-state index in [2.05, 4.69) is 10.3 Å². The minimum atomic E-state index is 0.0874. The van der Waals surface area contributed by atoms with Crippen LogP contribution in [0.2, 0.25) is 0 Å². The summed E-state index contributed by atoms with van der Waals surface area (Å²) in [7, 11) is 0. The predicted molar refractivity (Wildman–Crippen MR) is 73.9 cm³/mol. The molecule has 2 fully saturated rings. The fourth-order valence-electron chi connectivity index (χ4n) is 3.29. The number of hydrogen-bond donors (Lipinski definition) is 1. The zero-order chi connectivity index (χ0) is 13.1. The number of carbonyl (C=O) groups is 1. The smallest absolute Gasteiger partial charge is 0.272 e. The molecule has 0 aliphatic carbocycles. The highest BCUT2D eigenvalue weighted by atomic mass is 16.2. The Labute approximate surface area is 114 Å². The van der Waals surface area contributed by atoms with E-state index in [-0.39, 0.29) is 5.91 Å². The molecule has 4 nitrogen and oxygen atoms in total. The van der Waals surface area contributed by atoms with Crippen LogP contribution in [0.1, 0.15) is 36.2 Å². The molecular formula is C15H21N3O. The molecule has 1 aromatic rings. The van der Waals surface area contributed by atoms with Gasteiger partial charge in [-0.3, -0.25) is 9.78 Å². The Morgan fingerprint density at radius 3 is 2.53 bits per heavy atom. The largest absolute Gasteiger partial charge is 0.337 e. The molecular weight excluding hydrogens is 238 g/mol. The van der Waals surface area contributed by atoms with Gasteiger partial charge in [-0.1, -0.05) is 6.07 Å². The first-order valence-corrected chi connectivity index (χ1v) is 7.20. The molecule has 0 aromatic carbocycles. The van der Waals surface area contributed by atoms with E-state index in [0.29, 0.717) is 11.1 Å². The zero-order valence-electron chi connectivity index (χ0n) is 11.3. The molecule has 19 heavy (non-hydrogen) atoms. The second-order valence-corrected chi connectivity index (χ2v) is 5.76. The van der Waals surface area contributed by atoms with E-state index in [1.54, 1.807) is 12.3 Å². The number of likely N-dealkylation sites (tertiary alicyclic amines) is 1. The third kappa shape index (κ3) is 2.63. The van der Waals surface area contributed by atoms with Crippen molar-refractivity contribution in [3.8, 4) is 0 Å². The van der Waals surface area contributed by atoms with Gasteiger partial charge in [0.1, 0.15) is 5.69 Å². The normalized spacial score (nSPS) is 22.4. The van der Waals surface area contributed by atoms with Crippen LogP contribution in [-0.2, 0) is 0 Å². The maximum absolute atomic E-state index is 12.3. The van der Waals surface area contributed by atoms with Gasteiger partial charge in [0.2, 0.25) is 0 Å². The van der Waals surface area contributed by atoms with Gasteiger partial charge in [0.05, 0.1) is 0 Å². The maximum atomic E-state index is 12.3. The Hall–Kier alpha value is -1.42. The predicted octanol–water partition coefficient (Wildman–Crippen LogP) is 1.69. The topological polar surface area (TPSA) is 45.2 Å². The fourth-order valence-corrected chi connectivity index (χ4v) is 3.29. The van der Waals surface area contributed by atoms with Crippen LogP contribution in [0.4, 0.5) is 0 Å². The summed E-state index contributed by atoms with van der Waals surface area (Å²) < 4.78 is 0. The quantitative estimate of drug-likeness (QED) is 0.834. The van der Waals surface area contributed by atoms with E-state index in [4.69, 9.17) is 0 Å². The molecule has 1 amide bonds. The van der Waals surface area contributed by atoms with Crippen molar-refractivity contribution in [1.29, 1.82) is 0 Å². The van der Waals surface area contributed by atoms with E-state index < -0.39 is 0 Å². The highest BCUT2D eigenvalue weighted by Gasteiger charge is 2.36. The summed E-state index contributed by atoms with van der Waals surface area (Å²) in [6.07, 6.45) is 6.50. The van der Waals surface area contributed by atoms with Gasteiger partial charge in [0.15, 0.2) is 0 Å². The number of nitrogens with one attached hydrogen (secondary N) is 1. The van der Waals surface area contributed by atoms with Gasteiger partial charge in [-0.05, 0) is 56.3 Å². The van der Waals surface area contributed by atoms with Gasteiger partial charge in [-0.25, -0.2) is 0 Å². The van der Waals surface area contributed by atoms with Crippen LogP contribution in [-0.4, -0.2) is 42.0 Å². The number of amides is 1. The van der Waals surface area contributed by atoms with Crippen LogP contribution < -0.4 is 5.32 Å². The summed E-state index contributed by atoms with van der Waals surface area (Å²) in [4.78, 5) is 18.4. The SMILES string of the molecule is O=C(c1ccccn1)N1CCC2(CCNCC2)CC1. The Kier molecular flexibility index (Phi) is 3.51. The van der Waals surface area contributed by atoms with Crippen LogP contribution in [0.3, 0.4) is 0 Å². The number of aromatic nitrogens is 1. The van der Waals surface area contributed by atoms with Crippen LogP contribution in [0, 0.1) is 5.41 Å². The lowest BCUT2D eigenvalue weighted by atomic mass is 9.71. The number of carbonyl (C=O) groups excluding carboxylic acids is 1. The fraction of sp³-hybridized carbons (Fsp3) is 0.600. The van der Waals surface area contributed by atoms with Crippen molar-refractivity contribution in [2.75, 3.05) is 26.2 Å². The van der Waals surface area contributed by atoms with Crippen LogP contribution in [0.15, 0.2) is 24.4 Å². The summed E-state index contributed by atoms with van der Waals surface area (Å²) in [5.74, 6) is 0.0874. The standard InChI is InChI=1S/C15H21N3O/c19-14(13-3-1-2-8-17-13)18-11-6-15(7-12-18)4-9-16-10-5-15/h1-3,8,16H,4-7,9-12H2. The van der Waals surface area contributed by atoms with Crippen molar-refractivity contribution in [2.24, 2.45) is 5.41 Å². The first-order chi connectivity index (χ1) is 9.29. The monoisotopic (exact) mass is 259 g/mol. The average Bonchev–Trinajstić information content (AvgIpc) is 2.49. The first kappa shape index (κ1) is 12.6. The van der Waals surface area contributed by atoms with E-state index in [9.17, 15) is 4.79 Å². The Balaban J connectivity index is 1.62. The molecule has 3 rings (SSSR count). The summed E-state index contributed by atoms with van der Waals surface area (Å²) in [5, 5.41) is 3.43.